The summed E-state index contributed by atoms with van der Waals surface area (Å²) in [5.41, 5.74) is 18.5. The maximum Gasteiger partial charge on any atom is 0.0541 e. The Kier molecular flexibility index (Phi) is 11.4. The van der Waals surface area contributed by atoms with Crippen LogP contribution in [0.2, 0.25) is 0 Å². The van der Waals surface area contributed by atoms with Crippen LogP contribution in [0.4, 0.5) is 17.1 Å². The lowest BCUT2D eigenvalue weighted by Crippen LogP contribution is -2.19. The van der Waals surface area contributed by atoms with Crippen LogP contribution >= 0.6 is 0 Å². The van der Waals surface area contributed by atoms with Crippen molar-refractivity contribution in [1.82, 2.24) is 4.57 Å². The summed E-state index contributed by atoms with van der Waals surface area (Å²) < 4.78 is 2.48. The molecule has 0 atom stereocenters. The van der Waals surface area contributed by atoms with Gasteiger partial charge in [-0.15, -0.1) is 0 Å². The molecular formula is C72H74N2. The normalized spacial score (nSPS) is 13.1. The van der Waals surface area contributed by atoms with Gasteiger partial charge in [0.2, 0.25) is 0 Å². The van der Waals surface area contributed by atoms with Gasteiger partial charge in [0.05, 0.1) is 22.4 Å². The first-order chi connectivity index (χ1) is 34.8. The Morgan fingerprint density at radius 3 is 1.35 bits per heavy atom. The first-order valence-corrected chi connectivity index (χ1v) is 26.9. The number of anilines is 3. The van der Waals surface area contributed by atoms with Crippen molar-refractivity contribution in [2.24, 2.45) is 0 Å². The van der Waals surface area contributed by atoms with E-state index in [9.17, 15) is 0 Å². The van der Waals surface area contributed by atoms with E-state index in [0.717, 1.165) is 17.1 Å². The predicted molar refractivity (Wildman–Crippen MR) is 324 cm³/mol. The smallest absolute Gasteiger partial charge is 0.0541 e. The summed E-state index contributed by atoms with van der Waals surface area (Å²) in [5.74, 6) is 0. The van der Waals surface area contributed by atoms with E-state index in [2.05, 4.69) is 289 Å². The first-order valence-electron chi connectivity index (χ1n) is 26.9. The molecule has 1 heterocycles. The Morgan fingerprint density at radius 1 is 0.311 bits per heavy atom. The molecule has 0 spiro atoms. The highest BCUT2D eigenvalue weighted by Gasteiger charge is 2.28. The molecule has 0 fully saturated rings. The first kappa shape index (κ1) is 49.1. The molecule has 0 amide bonds. The zero-order chi connectivity index (χ0) is 52.4. The second kappa shape index (κ2) is 17.2. The van der Waals surface area contributed by atoms with Crippen molar-refractivity contribution in [1.29, 1.82) is 0 Å². The molecule has 0 bridgehead atoms. The van der Waals surface area contributed by atoms with E-state index < -0.39 is 0 Å². The second-order valence-electron chi connectivity index (χ2n) is 26.4. The van der Waals surface area contributed by atoms with Crippen molar-refractivity contribution in [2.75, 3.05) is 4.90 Å². The topological polar surface area (TPSA) is 8.17 Å². The predicted octanol–water partition coefficient (Wildman–Crippen LogP) is 21.0. The van der Waals surface area contributed by atoms with Gasteiger partial charge in [0.1, 0.15) is 0 Å². The standard InChI is InChI=1S/C72H74N2/c1-68(2,3)49-31-34-56(61(44-49)48-37-50(69(4,5)6)40-51(38-48)70(7,8)9)47-21-20-22-54(39-47)73(55-42-52(71(10,11)12)41-53(43-55)72(13,14)15)64-35-29-45-28-33-60-65(36-30-46-27-32-59(64)66(45)67(46)60)74-62-25-18-16-23-57(62)58-24-17-19-26-63(58)74/h16-44H,1-15H3. The van der Waals surface area contributed by atoms with Crippen LogP contribution in [0.1, 0.15) is 132 Å². The molecule has 10 aromatic carbocycles. The van der Waals surface area contributed by atoms with Gasteiger partial charge in [-0.25, -0.2) is 0 Å². The van der Waals surface area contributed by atoms with Crippen molar-refractivity contribution in [3.05, 3.63) is 204 Å². The molecule has 74 heavy (non-hydrogen) atoms. The maximum absolute atomic E-state index is 2.56. The number of para-hydroxylation sites is 2. The van der Waals surface area contributed by atoms with Crippen LogP contribution in [0.15, 0.2) is 176 Å². The number of hydrogen-bond acceptors (Lipinski definition) is 1. The van der Waals surface area contributed by atoms with Crippen molar-refractivity contribution >= 4 is 71.2 Å². The SMILES string of the molecule is CC(C)(C)c1cc(-c2cc(C(C)(C)C)ccc2-c2cccc(N(c3cc(C(C)(C)C)cc(C(C)(C)C)c3)c3ccc4ccc5c(-n6c7ccccc7c7ccccc76)ccc6ccc3c4c65)c2)cc(C(C)(C)C)c1. The Hall–Kier alpha value is -7.16. The van der Waals surface area contributed by atoms with Gasteiger partial charge in [0.15, 0.2) is 0 Å². The quantitative estimate of drug-likeness (QED) is 0.151. The van der Waals surface area contributed by atoms with Crippen LogP contribution in [0.3, 0.4) is 0 Å². The minimum atomic E-state index is -0.0768. The van der Waals surface area contributed by atoms with E-state index >= 15 is 0 Å². The van der Waals surface area contributed by atoms with Gasteiger partial charge in [-0.1, -0.05) is 231 Å². The highest BCUT2D eigenvalue weighted by Crippen LogP contribution is 2.49. The van der Waals surface area contributed by atoms with Crippen molar-refractivity contribution in [3.63, 3.8) is 0 Å². The van der Waals surface area contributed by atoms with E-state index in [-0.39, 0.29) is 27.1 Å². The molecule has 0 unspecified atom stereocenters. The largest absolute Gasteiger partial charge is 0.310 e. The molecule has 0 saturated heterocycles. The number of rotatable bonds is 6. The molecule has 2 heteroatoms. The number of benzene rings is 10. The Morgan fingerprint density at radius 2 is 0.797 bits per heavy atom. The lowest BCUT2D eigenvalue weighted by atomic mass is 9.77. The number of nitrogens with zero attached hydrogens (tertiary/aromatic N) is 2. The van der Waals surface area contributed by atoms with Gasteiger partial charge in [0.25, 0.3) is 0 Å². The average Bonchev–Trinajstić information content (AvgIpc) is 3.70. The third kappa shape index (κ3) is 8.55. The molecule has 0 N–H and O–H groups in total. The van der Waals surface area contributed by atoms with Crippen molar-refractivity contribution < 1.29 is 0 Å². The van der Waals surface area contributed by atoms with Crippen molar-refractivity contribution in [2.45, 2.75) is 131 Å². The van der Waals surface area contributed by atoms with Gasteiger partial charge < -0.3 is 9.47 Å². The fourth-order valence-corrected chi connectivity index (χ4v) is 11.3. The van der Waals surface area contributed by atoms with Crippen LogP contribution in [0, 0.1) is 0 Å². The molecule has 2 nitrogen and oxygen atoms in total. The Bertz CT molecular complexity index is 3850. The summed E-state index contributed by atoms with van der Waals surface area (Å²) in [6.45, 7) is 35.1. The van der Waals surface area contributed by atoms with Crippen LogP contribution in [-0.2, 0) is 27.1 Å². The van der Waals surface area contributed by atoms with E-state index in [0.29, 0.717) is 0 Å². The van der Waals surface area contributed by atoms with E-state index in [4.69, 9.17) is 0 Å². The van der Waals surface area contributed by atoms with E-state index in [1.165, 1.54) is 110 Å². The third-order valence-corrected chi connectivity index (χ3v) is 15.9. The van der Waals surface area contributed by atoms with Gasteiger partial charge in [-0.05, 0) is 147 Å². The molecule has 1 aromatic heterocycles. The Labute approximate surface area is 441 Å². The van der Waals surface area contributed by atoms with Crippen LogP contribution in [0.25, 0.3) is 82.1 Å². The van der Waals surface area contributed by atoms with Gasteiger partial charge in [0, 0.05) is 32.9 Å². The van der Waals surface area contributed by atoms with E-state index in [1.54, 1.807) is 0 Å². The summed E-state index contributed by atoms with van der Waals surface area (Å²) in [6, 6.07) is 67.8. The zero-order valence-electron chi connectivity index (χ0n) is 46.6. The molecular weight excluding hydrogens is 893 g/mol. The number of fused-ring (bicyclic) bond motifs is 3. The highest BCUT2D eigenvalue weighted by molar-refractivity contribution is 6.27. The summed E-state index contributed by atoms with van der Waals surface area (Å²) >= 11 is 0. The fraction of sp³-hybridized carbons (Fsp3) is 0.278. The molecule has 0 radical (unpaired) electrons. The summed E-state index contributed by atoms with van der Waals surface area (Å²) in [6.07, 6.45) is 0. The lowest BCUT2D eigenvalue weighted by molar-refractivity contribution is 0.568. The fourth-order valence-electron chi connectivity index (χ4n) is 11.3. The van der Waals surface area contributed by atoms with Crippen molar-refractivity contribution in [3.8, 4) is 27.9 Å². The molecule has 0 saturated carbocycles. The summed E-state index contributed by atoms with van der Waals surface area (Å²) in [7, 11) is 0. The molecule has 11 aromatic rings. The number of hydrogen-bond donors (Lipinski definition) is 0. The monoisotopic (exact) mass is 967 g/mol. The summed E-state index contributed by atoms with van der Waals surface area (Å²) in [4.78, 5) is 2.56. The van der Waals surface area contributed by atoms with E-state index in [1.807, 2.05) is 0 Å². The highest BCUT2D eigenvalue weighted by atomic mass is 15.1. The van der Waals surface area contributed by atoms with Crippen LogP contribution in [-0.4, -0.2) is 4.57 Å². The maximum atomic E-state index is 2.56. The molecule has 11 rings (SSSR count). The summed E-state index contributed by atoms with van der Waals surface area (Å²) in [5, 5.41) is 10.1. The second-order valence-corrected chi connectivity index (χ2v) is 26.4. The van der Waals surface area contributed by atoms with Gasteiger partial charge in [-0.3, -0.25) is 0 Å². The molecule has 0 aliphatic rings. The molecule has 0 aliphatic carbocycles. The minimum absolute atomic E-state index is 0.0149. The molecule has 372 valence electrons. The molecule has 0 aliphatic heterocycles. The van der Waals surface area contributed by atoms with Crippen LogP contribution < -0.4 is 4.90 Å². The number of aromatic nitrogens is 1. The van der Waals surface area contributed by atoms with Gasteiger partial charge in [-0.2, -0.15) is 0 Å². The lowest BCUT2D eigenvalue weighted by Gasteiger charge is -2.32. The average molecular weight is 967 g/mol. The zero-order valence-corrected chi connectivity index (χ0v) is 46.6. The Balaban J connectivity index is 1.18. The van der Waals surface area contributed by atoms with Gasteiger partial charge >= 0.3 is 0 Å². The third-order valence-electron chi connectivity index (χ3n) is 15.9. The van der Waals surface area contributed by atoms with Crippen LogP contribution in [0.5, 0.6) is 0 Å². The minimum Gasteiger partial charge on any atom is -0.310 e.